The molecule has 2 aromatic rings. The maximum atomic E-state index is 12.4. The second-order valence-corrected chi connectivity index (χ2v) is 5.69. The monoisotopic (exact) mass is 346 g/mol. The van der Waals surface area contributed by atoms with Crippen LogP contribution in [-0.2, 0) is 6.54 Å². The molecule has 1 N–H and O–H groups in total. The van der Waals surface area contributed by atoms with E-state index in [-0.39, 0.29) is 6.03 Å². The minimum atomic E-state index is -0.0844. The highest BCUT2D eigenvalue weighted by molar-refractivity contribution is 9.10. The summed E-state index contributed by atoms with van der Waals surface area (Å²) < 4.78 is 1.00. The molecule has 0 aliphatic rings. The Kier molecular flexibility index (Phi) is 5.39. The van der Waals surface area contributed by atoms with Crippen molar-refractivity contribution in [3.8, 4) is 0 Å². The molecule has 0 atom stereocenters. The van der Waals surface area contributed by atoms with Crippen molar-refractivity contribution in [1.82, 2.24) is 5.32 Å². The summed E-state index contributed by atoms with van der Waals surface area (Å²) in [6.07, 6.45) is 0. The SMILES string of the molecule is CCN(C(=O)NCc1ccccc1Br)c1cccc(C)c1. The summed E-state index contributed by atoms with van der Waals surface area (Å²) in [6, 6.07) is 15.8. The maximum Gasteiger partial charge on any atom is 0.322 e. The summed E-state index contributed by atoms with van der Waals surface area (Å²) in [5.74, 6) is 0. The molecule has 110 valence electrons. The Balaban J connectivity index is 2.06. The fourth-order valence-electron chi connectivity index (χ4n) is 2.15. The zero-order chi connectivity index (χ0) is 15.2. The minimum Gasteiger partial charge on any atom is -0.334 e. The summed E-state index contributed by atoms with van der Waals surface area (Å²) in [7, 11) is 0. The van der Waals surface area contributed by atoms with Crippen molar-refractivity contribution in [3.05, 3.63) is 64.1 Å². The van der Waals surface area contributed by atoms with Gasteiger partial charge in [-0.15, -0.1) is 0 Å². The largest absolute Gasteiger partial charge is 0.334 e. The molecule has 0 radical (unpaired) electrons. The number of hydrogen-bond acceptors (Lipinski definition) is 1. The Hall–Kier alpha value is -1.81. The van der Waals surface area contributed by atoms with Crippen LogP contribution in [0.15, 0.2) is 53.0 Å². The zero-order valence-corrected chi connectivity index (χ0v) is 13.9. The number of halogens is 1. The van der Waals surface area contributed by atoms with Crippen LogP contribution in [0.4, 0.5) is 10.5 Å². The average Bonchev–Trinajstić information content (AvgIpc) is 2.47. The van der Waals surface area contributed by atoms with Crippen molar-refractivity contribution in [2.45, 2.75) is 20.4 Å². The highest BCUT2D eigenvalue weighted by Gasteiger charge is 2.13. The van der Waals surface area contributed by atoms with E-state index in [1.807, 2.05) is 62.4 Å². The van der Waals surface area contributed by atoms with Crippen LogP contribution in [0.5, 0.6) is 0 Å². The molecular weight excluding hydrogens is 328 g/mol. The molecule has 0 aromatic heterocycles. The van der Waals surface area contributed by atoms with Crippen LogP contribution in [-0.4, -0.2) is 12.6 Å². The van der Waals surface area contributed by atoms with Crippen LogP contribution >= 0.6 is 15.9 Å². The first-order chi connectivity index (χ1) is 10.1. The second-order valence-electron chi connectivity index (χ2n) is 4.83. The van der Waals surface area contributed by atoms with Crippen LogP contribution in [0.1, 0.15) is 18.1 Å². The van der Waals surface area contributed by atoms with Gasteiger partial charge in [-0.2, -0.15) is 0 Å². The van der Waals surface area contributed by atoms with Gasteiger partial charge >= 0.3 is 6.03 Å². The third-order valence-electron chi connectivity index (χ3n) is 3.26. The first-order valence-electron chi connectivity index (χ1n) is 6.97. The van der Waals surface area contributed by atoms with Gasteiger partial charge in [-0.3, -0.25) is 4.90 Å². The van der Waals surface area contributed by atoms with E-state index in [0.29, 0.717) is 13.1 Å². The molecular formula is C17H19BrN2O. The molecule has 2 rings (SSSR count). The van der Waals surface area contributed by atoms with Gasteiger partial charge in [0, 0.05) is 23.2 Å². The van der Waals surface area contributed by atoms with Gasteiger partial charge in [0.25, 0.3) is 0 Å². The molecule has 0 heterocycles. The summed E-state index contributed by atoms with van der Waals surface area (Å²) in [5, 5.41) is 2.97. The number of nitrogens with one attached hydrogen (secondary N) is 1. The van der Waals surface area contributed by atoms with Gasteiger partial charge in [-0.25, -0.2) is 4.79 Å². The van der Waals surface area contributed by atoms with E-state index in [0.717, 1.165) is 21.3 Å². The van der Waals surface area contributed by atoms with Crippen molar-refractivity contribution in [3.63, 3.8) is 0 Å². The Morgan fingerprint density at radius 2 is 1.95 bits per heavy atom. The van der Waals surface area contributed by atoms with E-state index in [9.17, 15) is 4.79 Å². The normalized spacial score (nSPS) is 10.2. The molecule has 0 spiro atoms. The highest BCUT2D eigenvalue weighted by Crippen LogP contribution is 2.17. The molecule has 3 nitrogen and oxygen atoms in total. The molecule has 0 saturated heterocycles. The standard InChI is InChI=1S/C17H19BrN2O/c1-3-20(15-9-6-7-13(2)11-15)17(21)19-12-14-8-4-5-10-16(14)18/h4-11H,3,12H2,1-2H3,(H,19,21). The number of amides is 2. The lowest BCUT2D eigenvalue weighted by molar-refractivity contribution is 0.246. The molecule has 0 unspecified atom stereocenters. The molecule has 0 saturated carbocycles. The van der Waals surface area contributed by atoms with E-state index in [1.165, 1.54) is 0 Å². The molecule has 4 heteroatoms. The fraction of sp³-hybridized carbons (Fsp3) is 0.235. The predicted molar refractivity (Wildman–Crippen MR) is 90.6 cm³/mol. The van der Waals surface area contributed by atoms with Gasteiger partial charge in [0.15, 0.2) is 0 Å². The Morgan fingerprint density at radius 1 is 1.19 bits per heavy atom. The van der Waals surface area contributed by atoms with E-state index in [2.05, 4.69) is 21.2 Å². The van der Waals surface area contributed by atoms with Gasteiger partial charge < -0.3 is 5.32 Å². The fourth-order valence-corrected chi connectivity index (χ4v) is 2.57. The summed E-state index contributed by atoms with van der Waals surface area (Å²) >= 11 is 3.49. The van der Waals surface area contributed by atoms with Crippen LogP contribution in [0, 0.1) is 6.92 Å². The number of carbonyl (C=O) groups excluding carboxylic acids is 1. The molecule has 2 aromatic carbocycles. The number of urea groups is 1. The summed E-state index contributed by atoms with van der Waals surface area (Å²) in [5.41, 5.74) is 3.12. The van der Waals surface area contributed by atoms with Crippen molar-refractivity contribution in [2.24, 2.45) is 0 Å². The van der Waals surface area contributed by atoms with Crippen molar-refractivity contribution >= 4 is 27.6 Å². The first kappa shape index (κ1) is 15.6. The number of carbonyl (C=O) groups is 1. The minimum absolute atomic E-state index is 0.0844. The van der Waals surface area contributed by atoms with E-state index in [1.54, 1.807) is 4.90 Å². The lowest BCUT2D eigenvalue weighted by Gasteiger charge is -2.22. The maximum absolute atomic E-state index is 12.4. The topological polar surface area (TPSA) is 32.3 Å². The van der Waals surface area contributed by atoms with Crippen LogP contribution < -0.4 is 10.2 Å². The van der Waals surface area contributed by atoms with Crippen molar-refractivity contribution in [2.75, 3.05) is 11.4 Å². The van der Waals surface area contributed by atoms with Gasteiger partial charge in [0.05, 0.1) is 0 Å². The Bertz CT molecular complexity index is 628. The van der Waals surface area contributed by atoms with Gasteiger partial charge in [0.1, 0.15) is 0 Å². The number of rotatable bonds is 4. The number of hydrogen-bond donors (Lipinski definition) is 1. The zero-order valence-electron chi connectivity index (χ0n) is 12.3. The quantitative estimate of drug-likeness (QED) is 0.868. The predicted octanol–water partition coefficient (Wildman–Crippen LogP) is 4.49. The van der Waals surface area contributed by atoms with Gasteiger partial charge in [-0.05, 0) is 43.2 Å². The average molecular weight is 347 g/mol. The number of anilines is 1. The molecule has 2 amide bonds. The molecule has 0 bridgehead atoms. The lowest BCUT2D eigenvalue weighted by atomic mass is 10.2. The number of aryl methyl sites for hydroxylation is 1. The molecule has 0 aliphatic heterocycles. The van der Waals surface area contributed by atoms with Gasteiger partial charge in [0.2, 0.25) is 0 Å². The summed E-state index contributed by atoms with van der Waals surface area (Å²) in [6.45, 7) is 5.13. The lowest BCUT2D eigenvalue weighted by Crippen LogP contribution is -2.39. The van der Waals surface area contributed by atoms with E-state index < -0.39 is 0 Å². The molecule has 0 fully saturated rings. The summed E-state index contributed by atoms with van der Waals surface area (Å²) in [4.78, 5) is 14.1. The third-order valence-corrected chi connectivity index (χ3v) is 4.04. The highest BCUT2D eigenvalue weighted by atomic mass is 79.9. The van der Waals surface area contributed by atoms with Crippen LogP contribution in [0.3, 0.4) is 0 Å². The van der Waals surface area contributed by atoms with Crippen molar-refractivity contribution < 1.29 is 4.79 Å². The smallest absolute Gasteiger partial charge is 0.322 e. The van der Waals surface area contributed by atoms with Crippen LogP contribution in [0.25, 0.3) is 0 Å². The van der Waals surface area contributed by atoms with E-state index in [4.69, 9.17) is 0 Å². The Labute approximate surface area is 134 Å². The molecule has 21 heavy (non-hydrogen) atoms. The van der Waals surface area contributed by atoms with Gasteiger partial charge in [-0.1, -0.05) is 46.3 Å². The first-order valence-corrected chi connectivity index (χ1v) is 7.76. The second kappa shape index (κ2) is 7.27. The Morgan fingerprint density at radius 3 is 2.62 bits per heavy atom. The van der Waals surface area contributed by atoms with E-state index >= 15 is 0 Å². The third kappa shape index (κ3) is 4.08. The van der Waals surface area contributed by atoms with Crippen molar-refractivity contribution in [1.29, 1.82) is 0 Å². The molecule has 0 aliphatic carbocycles. The van der Waals surface area contributed by atoms with Crippen LogP contribution in [0.2, 0.25) is 0 Å². The number of benzene rings is 2. The number of nitrogens with zero attached hydrogens (tertiary/aromatic N) is 1.